The van der Waals surface area contributed by atoms with Crippen molar-refractivity contribution in [3.63, 3.8) is 0 Å². The van der Waals surface area contributed by atoms with Gasteiger partial charge in [-0.25, -0.2) is 0 Å². The highest BCUT2D eigenvalue weighted by atomic mass is 79.9. The van der Waals surface area contributed by atoms with Gasteiger partial charge in [-0.1, -0.05) is 46.3 Å². The van der Waals surface area contributed by atoms with Gasteiger partial charge in [0.05, 0.1) is 12.7 Å². The second-order valence-electron chi connectivity index (χ2n) is 5.63. The number of fused-ring (bicyclic) bond motifs is 1. The van der Waals surface area contributed by atoms with E-state index in [-0.39, 0.29) is 0 Å². The normalized spacial score (nSPS) is 18.7. The molecule has 2 nitrogen and oxygen atoms in total. The van der Waals surface area contributed by atoms with E-state index in [9.17, 15) is 5.11 Å². The Morgan fingerprint density at radius 1 is 1.29 bits per heavy atom. The number of aliphatic hydroxyl groups is 1. The average Bonchev–Trinajstić information content (AvgIpc) is 2.50. The Morgan fingerprint density at radius 2 is 2.10 bits per heavy atom. The number of aliphatic hydroxyl groups excluding tert-OH is 1. The highest BCUT2D eigenvalue weighted by Crippen LogP contribution is 2.39. The molecule has 2 unspecified atom stereocenters. The SMILES string of the molecule is Cc1ccc(C(O)CC2CCOc3ccccc32)cc1Br. The molecule has 0 fully saturated rings. The van der Waals surface area contributed by atoms with Gasteiger partial charge in [-0.3, -0.25) is 0 Å². The maximum atomic E-state index is 10.6. The molecule has 3 rings (SSSR count). The summed E-state index contributed by atoms with van der Waals surface area (Å²) in [7, 11) is 0. The fraction of sp³-hybridized carbons (Fsp3) is 0.333. The molecule has 1 aliphatic rings. The summed E-state index contributed by atoms with van der Waals surface area (Å²) in [6.45, 7) is 2.78. The Labute approximate surface area is 133 Å². The molecule has 0 spiro atoms. The maximum Gasteiger partial charge on any atom is 0.122 e. The first-order chi connectivity index (χ1) is 10.1. The van der Waals surface area contributed by atoms with Gasteiger partial charge in [-0.05, 0) is 54.5 Å². The van der Waals surface area contributed by atoms with Crippen LogP contribution in [0.1, 0.15) is 41.6 Å². The third-order valence-electron chi connectivity index (χ3n) is 4.17. The van der Waals surface area contributed by atoms with E-state index in [1.165, 1.54) is 11.1 Å². The smallest absolute Gasteiger partial charge is 0.122 e. The largest absolute Gasteiger partial charge is 0.493 e. The van der Waals surface area contributed by atoms with Crippen LogP contribution >= 0.6 is 15.9 Å². The fourth-order valence-corrected chi connectivity index (χ4v) is 3.28. The summed E-state index contributed by atoms with van der Waals surface area (Å²) >= 11 is 3.53. The highest BCUT2D eigenvalue weighted by Gasteiger charge is 2.24. The van der Waals surface area contributed by atoms with Crippen LogP contribution in [-0.2, 0) is 0 Å². The van der Waals surface area contributed by atoms with Gasteiger partial charge in [-0.15, -0.1) is 0 Å². The van der Waals surface area contributed by atoms with Gasteiger partial charge in [0.2, 0.25) is 0 Å². The van der Waals surface area contributed by atoms with Crippen LogP contribution < -0.4 is 4.74 Å². The predicted octanol–water partition coefficient (Wildman–Crippen LogP) is 4.75. The van der Waals surface area contributed by atoms with Gasteiger partial charge >= 0.3 is 0 Å². The van der Waals surface area contributed by atoms with Crippen molar-refractivity contribution >= 4 is 15.9 Å². The number of para-hydroxylation sites is 1. The summed E-state index contributed by atoms with van der Waals surface area (Å²) < 4.78 is 6.73. The molecular formula is C18H19BrO2. The quantitative estimate of drug-likeness (QED) is 0.868. The molecule has 2 aromatic carbocycles. The topological polar surface area (TPSA) is 29.5 Å². The van der Waals surface area contributed by atoms with E-state index in [1.54, 1.807) is 0 Å². The highest BCUT2D eigenvalue weighted by molar-refractivity contribution is 9.10. The van der Waals surface area contributed by atoms with Crippen LogP contribution in [0, 0.1) is 6.92 Å². The van der Waals surface area contributed by atoms with Crippen molar-refractivity contribution in [2.24, 2.45) is 0 Å². The lowest BCUT2D eigenvalue weighted by Crippen LogP contribution is -2.16. The molecule has 0 saturated heterocycles. The third-order valence-corrected chi connectivity index (χ3v) is 5.03. The number of ether oxygens (including phenoxy) is 1. The summed E-state index contributed by atoms with van der Waals surface area (Å²) in [5.74, 6) is 1.32. The molecule has 0 aliphatic carbocycles. The van der Waals surface area contributed by atoms with Crippen LogP contribution in [0.25, 0.3) is 0 Å². The minimum absolute atomic E-state index is 0.352. The molecule has 1 aliphatic heterocycles. The Bertz CT molecular complexity index is 639. The van der Waals surface area contributed by atoms with Gasteiger partial charge in [0.25, 0.3) is 0 Å². The average molecular weight is 347 g/mol. The van der Waals surface area contributed by atoms with Crippen molar-refractivity contribution in [2.75, 3.05) is 6.61 Å². The van der Waals surface area contributed by atoms with Crippen molar-refractivity contribution in [2.45, 2.75) is 31.8 Å². The third kappa shape index (κ3) is 3.14. The predicted molar refractivity (Wildman–Crippen MR) is 87.8 cm³/mol. The lowest BCUT2D eigenvalue weighted by molar-refractivity contribution is 0.145. The minimum Gasteiger partial charge on any atom is -0.493 e. The fourth-order valence-electron chi connectivity index (χ4n) is 2.88. The second-order valence-corrected chi connectivity index (χ2v) is 6.49. The van der Waals surface area contributed by atoms with Crippen molar-refractivity contribution in [3.8, 4) is 5.75 Å². The molecule has 2 aromatic rings. The number of hydrogen-bond acceptors (Lipinski definition) is 2. The molecule has 0 radical (unpaired) electrons. The van der Waals surface area contributed by atoms with Crippen molar-refractivity contribution in [1.82, 2.24) is 0 Å². The zero-order valence-electron chi connectivity index (χ0n) is 12.1. The van der Waals surface area contributed by atoms with Crippen LogP contribution in [-0.4, -0.2) is 11.7 Å². The van der Waals surface area contributed by atoms with Gasteiger partial charge in [-0.2, -0.15) is 0 Å². The van der Waals surface area contributed by atoms with Crippen molar-refractivity contribution in [3.05, 3.63) is 63.6 Å². The molecule has 3 heteroatoms. The molecule has 0 amide bonds. The molecule has 0 saturated carbocycles. The molecule has 0 bridgehead atoms. The van der Waals surface area contributed by atoms with E-state index in [0.717, 1.165) is 35.2 Å². The van der Waals surface area contributed by atoms with E-state index in [2.05, 4.69) is 28.9 Å². The van der Waals surface area contributed by atoms with Gasteiger partial charge < -0.3 is 9.84 Å². The van der Waals surface area contributed by atoms with Crippen LogP contribution in [0.15, 0.2) is 46.9 Å². The Kier molecular flexibility index (Phi) is 4.32. The van der Waals surface area contributed by atoms with E-state index < -0.39 is 6.10 Å². The zero-order valence-corrected chi connectivity index (χ0v) is 13.6. The van der Waals surface area contributed by atoms with E-state index in [0.29, 0.717) is 5.92 Å². The Hall–Kier alpha value is -1.32. The molecule has 1 heterocycles. The van der Waals surface area contributed by atoms with Crippen LogP contribution in [0.5, 0.6) is 5.75 Å². The number of aryl methyl sites for hydroxylation is 1. The molecule has 110 valence electrons. The van der Waals surface area contributed by atoms with Crippen LogP contribution in [0.3, 0.4) is 0 Å². The standard InChI is InChI=1S/C18H19BrO2/c1-12-6-7-14(10-16(12)19)17(20)11-13-8-9-21-18-5-3-2-4-15(13)18/h2-7,10,13,17,20H,8-9,11H2,1H3. The summed E-state index contributed by atoms with van der Waals surface area (Å²) in [6, 6.07) is 14.2. The van der Waals surface area contributed by atoms with Crippen molar-refractivity contribution < 1.29 is 9.84 Å². The number of hydrogen-bond donors (Lipinski definition) is 1. The summed E-state index contributed by atoms with van der Waals surface area (Å²) in [6.07, 6.45) is 1.25. The van der Waals surface area contributed by atoms with Gasteiger partial charge in [0.1, 0.15) is 5.75 Å². The Morgan fingerprint density at radius 3 is 2.90 bits per heavy atom. The van der Waals surface area contributed by atoms with Crippen LogP contribution in [0.2, 0.25) is 0 Å². The monoisotopic (exact) mass is 346 g/mol. The summed E-state index contributed by atoms with van der Waals surface area (Å²) in [5.41, 5.74) is 3.37. The molecular weight excluding hydrogens is 328 g/mol. The zero-order chi connectivity index (χ0) is 14.8. The van der Waals surface area contributed by atoms with E-state index in [1.807, 2.05) is 36.4 Å². The first-order valence-electron chi connectivity index (χ1n) is 7.31. The molecule has 2 atom stereocenters. The lowest BCUT2D eigenvalue weighted by Gasteiger charge is -2.27. The number of rotatable bonds is 3. The minimum atomic E-state index is -0.446. The lowest BCUT2D eigenvalue weighted by atomic mass is 9.86. The first-order valence-corrected chi connectivity index (χ1v) is 8.10. The number of halogens is 1. The van der Waals surface area contributed by atoms with E-state index >= 15 is 0 Å². The number of benzene rings is 2. The molecule has 1 N–H and O–H groups in total. The first kappa shape index (κ1) is 14.6. The van der Waals surface area contributed by atoms with E-state index in [4.69, 9.17) is 4.74 Å². The van der Waals surface area contributed by atoms with Crippen molar-refractivity contribution in [1.29, 1.82) is 0 Å². The second kappa shape index (κ2) is 6.20. The summed E-state index contributed by atoms with van der Waals surface area (Å²) in [5, 5.41) is 10.6. The Balaban J connectivity index is 1.79. The van der Waals surface area contributed by atoms with Gasteiger partial charge in [0, 0.05) is 4.47 Å². The molecule has 0 aromatic heterocycles. The molecule has 21 heavy (non-hydrogen) atoms. The summed E-state index contributed by atoms with van der Waals surface area (Å²) in [4.78, 5) is 0. The maximum absolute atomic E-state index is 10.6. The van der Waals surface area contributed by atoms with Crippen LogP contribution in [0.4, 0.5) is 0 Å². The van der Waals surface area contributed by atoms with Gasteiger partial charge in [0.15, 0.2) is 0 Å².